The van der Waals surface area contributed by atoms with Gasteiger partial charge in [-0.3, -0.25) is 4.79 Å². The van der Waals surface area contributed by atoms with Gasteiger partial charge < -0.3 is 14.7 Å². The molecule has 2 atom stereocenters. The Balaban J connectivity index is 2.11. The summed E-state index contributed by atoms with van der Waals surface area (Å²) >= 11 is 0. The molecule has 1 N–H and O–H groups in total. The molecular formula is C14H23NO4. The lowest BCUT2D eigenvalue weighted by atomic mass is 10.0. The van der Waals surface area contributed by atoms with Crippen LogP contribution in [0.2, 0.25) is 0 Å². The monoisotopic (exact) mass is 269 g/mol. The molecule has 2 fully saturated rings. The van der Waals surface area contributed by atoms with Crippen LogP contribution in [0.3, 0.4) is 0 Å². The molecule has 0 aromatic heterocycles. The molecule has 1 amide bonds. The van der Waals surface area contributed by atoms with E-state index in [1.54, 1.807) is 4.90 Å². The largest absolute Gasteiger partial charge is 0.481 e. The molecule has 2 saturated carbocycles. The van der Waals surface area contributed by atoms with Crippen LogP contribution in [0, 0.1) is 5.92 Å². The summed E-state index contributed by atoms with van der Waals surface area (Å²) in [6.45, 7) is 5.50. The molecule has 0 aromatic rings. The number of aliphatic carboxylic acids is 1. The van der Waals surface area contributed by atoms with Crippen molar-refractivity contribution in [1.29, 1.82) is 0 Å². The average molecular weight is 269 g/mol. The Bertz CT molecular complexity index is 370. The van der Waals surface area contributed by atoms with E-state index in [1.165, 1.54) is 0 Å². The molecule has 2 aliphatic rings. The number of amides is 1. The predicted molar refractivity (Wildman–Crippen MR) is 69.9 cm³/mol. The summed E-state index contributed by atoms with van der Waals surface area (Å²) < 4.78 is 5.44. The fourth-order valence-corrected chi connectivity index (χ4v) is 2.78. The second-order valence-corrected chi connectivity index (χ2v) is 6.56. The van der Waals surface area contributed by atoms with E-state index in [-0.39, 0.29) is 18.2 Å². The van der Waals surface area contributed by atoms with E-state index in [1.807, 2.05) is 20.8 Å². The minimum Gasteiger partial charge on any atom is -0.481 e. The fraction of sp³-hybridized carbons (Fsp3) is 0.857. The molecule has 2 aliphatic carbocycles. The van der Waals surface area contributed by atoms with Crippen LogP contribution in [0.15, 0.2) is 0 Å². The van der Waals surface area contributed by atoms with Gasteiger partial charge in [0.25, 0.3) is 0 Å². The number of carboxylic acids is 1. The third kappa shape index (κ3) is 3.39. The van der Waals surface area contributed by atoms with Crippen LogP contribution in [0.4, 0.5) is 4.79 Å². The minimum absolute atomic E-state index is 0.180. The van der Waals surface area contributed by atoms with Crippen molar-refractivity contribution < 1.29 is 19.4 Å². The molecule has 0 aliphatic heterocycles. The molecular weight excluding hydrogens is 246 g/mol. The van der Waals surface area contributed by atoms with Crippen LogP contribution < -0.4 is 0 Å². The Hall–Kier alpha value is -1.26. The van der Waals surface area contributed by atoms with Gasteiger partial charge in [-0.2, -0.15) is 0 Å². The van der Waals surface area contributed by atoms with E-state index in [4.69, 9.17) is 4.74 Å². The van der Waals surface area contributed by atoms with Crippen molar-refractivity contribution in [3.05, 3.63) is 0 Å². The molecule has 108 valence electrons. The zero-order valence-electron chi connectivity index (χ0n) is 11.9. The molecule has 0 bridgehead atoms. The highest BCUT2D eigenvalue weighted by Crippen LogP contribution is 2.38. The summed E-state index contributed by atoms with van der Waals surface area (Å²) in [6, 6.07) is -0.0142. The number of ether oxygens (including phenoxy) is 1. The third-order valence-corrected chi connectivity index (χ3v) is 3.70. The first-order valence-electron chi connectivity index (χ1n) is 7.04. The zero-order valence-corrected chi connectivity index (χ0v) is 11.9. The number of carbonyl (C=O) groups is 2. The van der Waals surface area contributed by atoms with Gasteiger partial charge in [0.05, 0.1) is 5.92 Å². The van der Waals surface area contributed by atoms with Crippen molar-refractivity contribution in [2.45, 2.75) is 70.6 Å². The molecule has 0 spiro atoms. The molecule has 5 heteroatoms. The standard InChI is InChI=1S/C14H23NO4/c1-14(2,3)19-13(18)15(9-7-8-9)11-6-4-5-10(11)12(16)17/h9-11H,4-8H2,1-3H3,(H,16,17). The maximum atomic E-state index is 12.3. The van der Waals surface area contributed by atoms with Crippen LogP contribution in [-0.4, -0.2) is 39.8 Å². The van der Waals surface area contributed by atoms with E-state index >= 15 is 0 Å². The Morgan fingerprint density at radius 3 is 2.26 bits per heavy atom. The summed E-state index contributed by atoms with van der Waals surface area (Å²) in [6.07, 6.45) is 3.87. The van der Waals surface area contributed by atoms with E-state index in [0.717, 1.165) is 25.7 Å². The second kappa shape index (κ2) is 5.02. The van der Waals surface area contributed by atoms with Crippen molar-refractivity contribution in [3.8, 4) is 0 Å². The number of rotatable bonds is 3. The van der Waals surface area contributed by atoms with Gasteiger partial charge in [-0.05, 0) is 46.5 Å². The lowest BCUT2D eigenvalue weighted by Crippen LogP contribution is -2.47. The highest BCUT2D eigenvalue weighted by atomic mass is 16.6. The lowest BCUT2D eigenvalue weighted by molar-refractivity contribution is -0.143. The highest BCUT2D eigenvalue weighted by Gasteiger charge is 2.46. The molecule has 2 unspecified atom stereocenters. The summed E-state index contributed by atoms with van der Waals surface area (Å²) in [5.41, 5.74) is -0.540. The zero-order chi connectivity index (χ0) is 14.2. The van der Waals surface area contributed by atoms with Gasteiger partial charge >= 0.3 is 12.1 Å². The summed E-state index contributed by atoms with van der Waals surface area (Å²) in [5.74, 6) is -1.23. The van der Waals surface area contributed by atoms with E-state index < -0.39 is 17.5 Å². The topological polar surface area (TPSA) is 66.8 Å². The molecule has 0 radical (unpaired) electrons. The van der Waals surface area contributed by atoms with E-state index in [9.17, 15) is 14.7 Å². The van der Waals surface area contributed by atoms with Crippen molar-refractivity contribution in [3.63, 3.8) is 0 Å². The van der Waals surface area contributed by atoms with Gasteiger partial charge in [0.15, 0.2) is 0 Å². The van der Waals surface area contributed by atoms with Gasteiger partial charge in [-0.25, -0.2) is 4.79 Å². The van der Waals surface area contributed by atoms with Crippen molar-refractivity contribution in [2.24, 2.45) is 5.92 Å². The van der Waals surface area contributed by atoms with Crippen LogP contribution in [0.5, 0.6) is 0 Å². The van der Waals surface area contributed by atoms with Gasteiger partial charge in [-0.15, -0.1) is 0 Å². The third-order valence-electron chi connectivity index (χ3n) is 3.70. The van der Waals surface area contributed by atoms with Crippen molar-refractivity contribution in [2.75, 3.05) is 0 Å². The lowest BCUT2D eigenvalue weighted by Gasteiger charge is -2.33. The number of carbonyl (C=O) groups excluding carboxylic acids is 1. The Labute approximate surface area is 113 Å². The smallest absolute Gasteiger partial charge is 0.410 e. The first kappa shape index (κ1) is 14.2. The molecule has 19 heavy (non-hydrogen) atoms. The quantitative estimate of drug-likeness (QED) is 0.855. The SMILES string of the molecule is CC(C)(C)OC(=O)N(C1CC1)C1CCCC1C(=O)O. The van der Waals surface area contributed by atoms with Crippen molar-refractivity contribution >= 4 is 12.1 Å². The van der Waals surface area contributed by atoms with Crippen LogP contribution in [0.1, 0.15) is 52.9 Å². The molecule has 0 saturated heterocycles. The Morgan fingerprint density at radius 2 is 1.79 bits per heavy atom. The number of hydrogen-bond acceptors (Lipinski definition) is 3. The number of nitrogens with zero attached hydrogens (tertiary/aromatic N) is 1. The molecule has 0 aromatic carbocycles. The van der Waals surface area contributed by atoms with Crippen LogP contribution in [-0.2, 0) is 9.53 Å². The van der Waals surface area contributed by atoms with Crippen LogP contribution in [0.25, 0.3) is 0 Å². The van der Waals surface area contributed by atoms with Crippen molar-refractivity contribution in [1.82, 2.24) is 4.90 Å². The highest BCUT2D eigenvalue weighted by molar-refractivity contribution is 5.74. The molecule has 5 nitrogen and oxygen atoms in total. The van der Waals surface area contributed by atoms with Gasteiger partial charge in [0.1, 0.15) is 5.60 Å². The summed E-state index contributed by atoms with van der Waals surface area (Å²) in [4.78, 5) is 25.3. The predicted octanol–water partition coefficient (Wildman–Crippen LogP) is 2.64. The first-order chi connectivity index (χ1) is 8.79. The van der Waals surface area contributed by atoms with Gasteiger partial charge in [-0.1, -0.05) is 6.42 Å². The number of carboxylic acid groups (broad SMARTS) is 1. The minimum atomic E-state index is -0.795. The Kier molecular flexibility index (Phi) is 3.74. The summed E-state index contributed by atoms with van der Waals surface area (Å²) in [5, 5.41) is 9.27. The van der Waals surface area contributed by atoms with Gasteiger partial charge in [0, 0.05) is 12.1 Å². The van der Waals surface area contributed by atoms with E-state index in [2.05, 4.69) is 0 Å². The molecule has 2 rings (SSSR count). The average Bonchev–Trinajstić information content (AvgIpc) is 2.92. The Morgan fingerprint density at radius 1 is 1.16 bits per heavy atom. The second-order valence-electron chi connectivity index (χ2n) is 6.56. The van der Waals surface area contributed by atoms with Crippen LogP contribution >= 0.6 is 0 Å². The maximum absolute atomic E-state index is 12.3. The number of hydrogen-bond donors (Lipinski definition) is 1. The maximum Gasteiger partial charge on any atom is 0.410 e. The van der Waals surface area contributed by atoms with Gasteiger partial charge in [0.2, 0.25) is 0 Å². The normalized spacial score (nSPS) is 27.1. The summed E-state index contributed by atoms with van der Waals surface area (Å²) in [7, 11) is 0. The fourth-order valence-electron chi connectivity index (χ4n) is 2.78. The van der Waals surface area contributed by atoms with E-state index in [0.29, 0.717) is 6.42 Å². The molecule has 0 heterocycles. The first-order valence-corrected chi connectivity index (χ1v) is 7.04.